The lowest BCUT2D eigenvalue weighted by atomic mass is 10.2. The first-order valence-electron chi connectivity index (χ1n) is 6.09. The molecule has 1 rings (SSSR count). The molecule has 5 nitrogen and oxygen atoms in total. The van der Waals surface area contributed by atoms with Crippen molar-refractivity contribution in [3.63, 3.8) is 0 Å². The van der Waals surface area contributed by atoms with E-state index in [1.54, 1.807) is 13.0 Å². The quantitative estimate of drug-likeness (QED) is 0.675. The summed E-state index contributed by atoms with van der Waals surface area (Å²) in [7, 11) is -1.92. The number of esters is 1. The average molecular weight is 270 g/mol. The number of nitrogens with one attached hydrogen (secondary N) is 1. The van der Waals surface area contributed by atoms with Gasteiger partial charge in [0.25, 0.3) is 8.32 Å². The lowest BCUT2D eigenvalue weighted by Gasteiger charge is -2.35. The minimum Gasteiger partial charge on any atom is -0.530 e. The van der Waals surface area contributed by atoms with E-state index in [1.807, 2.05) is 0 Å². The van der Waals surface area contributed by atoms with Crippen LogP contribution in [-0.2, 0) is 4.74 Å². The predicted octanol–water partition coefficient (Wildman–Crippen LogP) is 2.97. The second-order valence-electron chi connectivity index (χ2n) is 5.70. The van der Waals surface area contributed by atoms with Crippen LogP contribution in [0.25, 0.3) is 0 Å². The first-order chi connectivity index (χ1) is 8.17. The number of rotatable bonds is 4. The smallest absolute Gasteiger partial charge is 0.356 e. The van der Waals surface area contributed by atoms with Crippen molar-refractivity contribution in [1.29, 1.82) is 0 Å². The van der Waals surface area contributed by atoms with Crippen molar-refractivity contribution in [2.24, 2.45) is 0 Å². The molecule has 0 unspecified atom stereocenters. The Morgan fingerprint density at radius 2 is 2.06 bits per heavy atom. The molecular weight excluding hydrogens is 248 g/mol. The summed E-state index contributed by atoms with van der Waals surface area (Å²) in [5.74, 6) is 0.0553. The Balaban J connectivity index is 2.79. The summed E-state index contributed by atoms with van der Waals surface area (Å²) >= 11 is 0. The van der Waals surface area contributed by atoms with Crippen LogP contribution >= 0.6 is 0 Å². The Labute approximate surface area is 109 Å². The monoisotopic (exact) mass is 270 g/mol. The third-order valence-corrected chi connectivity index (χ3v) is 7.55. The molecule has 0 atom stereocenters. The zero-order valence-electron chi connectivity index (χ0n) is 12.0. The van der Waals surface area contributed by atoms with Crippen molar-refractivity contribution in [1.82, 2.24) is 10.2 Å². The molecule has 6 heteroatoms. The highest BCUT2D eigenvalue weighted by Gasteiger charge is 2.39. The number of carbonyl (C=O) groups excluding carboxylic acids is 1. The van der Waals surface area contributed by atoms with Gasteiger partial charge in [-0.05, 0) is 25.1 Å². The van der Waals surface area contributed by atoms with Crippen LogP contribution in [0.4, 0.5) is 0 Å². The van der Waals surface area contributed by atoms with Gasteiger partial charge in [0.1, 0.15) is 5.69 Å². The van der Waals surface area contributed by atoms with Gasteiger partial charge in [0.15, 0.2) is 0 Å². The molecule has 0 fully saturated rings. The molecule has 18 heavy (non-hydrogen) atoms. The number of aromatic amines is 1. The topological polar surface area (TPSA) is 64.2 Å². The minimum atomic E-state index is -1.92. The summed E-state index contributed by atoms with van der Waals surface area (Å²) in [4.78, 5) is 11.5. The average Bonchev–Trinajstić information content (AvgIpc) is 2.64. The zero-order valence-corrected chi connectivity index (χ0v) is 13.0. The molecule has 1 aromatic rings. The van der Waals surface area contributed by atoms with E-state index in [-0.39, 0.29) is 5.04 Å². The molecule has 0 aliphatic heterocycles. The molecular formula is C12H22N2O3Si. The number of ether oxygens (including phenoxy) is 1. The van der Waals surface area contributed by atoms with Crippen LogP contribution in [-0.4, -0.2) is 31.1 Å². The van der Waals surface area contributed by atoms with E-state index in [0.29, 0.717) is 18.2 Å². The summed E-state index contributed by atoms with van der Waals surface area (Å²) in [5, 5.41) is 6.74. The number of carbonyl (C=O) groups is 1. The standard InChI is InChI=1S/C12H22N2O3Si/c1-7-16-11(15)9-8-10(14-13-9)17-18(5,6)12(2,3)4/h8H,7H2,1-6H3,(H,13,14). The number of H-pyrrole nitrogens is 1. The first-order valence-corrected chi connectivity index (χ1v) is 9.00. The van der Waals surface area contributed by atoms with Gasteiger partial charge in [-0.2, -0.15) is 0 Å². The van der Waals surface area contributed by atoms with Crippen LogP contribution in [0.5, 0.6) is 5.88 Å². The van der Waals surface area contributed by atoms with Crippen molar-refractivity contribution in [3.05, 3.63) is 11.8 Å². The summed E-state index contributed by atoms with van der Waals surface area (Å²) in [6.45, 7) is 12.8. The molecule has 1 aromatic heterocycles. The van der Waals surface area contributed by atoms with Crippen LogP contribution in [0.15, 0.2) is 6.07 Å². The second-order valence-corrected chi connectivity index (χ2v) is 10.4. The Hall–Kier alpha value is -1.30. The molecule has 0 saturated heterocycles. The molecule has 0 bridgehead atoms. The third-order valence-electron chi connectivity index (χ3n) is 3.22. The largest absolute Gasteiger partial charge is 0.530 e. The lowest BCUT2D eigenvalue weighted by molar-refractivity contribution is 0.0519. The van der Waals surface area contributed by atoms with E-state index in [1.165, 1.54) is 0 Å². The fourth-order valence-corrected chi connectivity index (χ4v) is 2.02. The van der Waals surface area contributed by atoms with E-state index in [4.69, 9.17) is 9.16 Å². The van der Waals surface area contributed by atoms with Gasteiger partial charge in [0.2, 0.25) is 5.88 Å². The summed E-state index contributed by atoms with van der Waals surface area (Å²) in [6.07, 6.45) is 0. The fourth-order valence-electron chi connectivity index (χ4n) is 1.08. The maximum Gasteiger partial charge on any atom is 0.356 e. The van der Waals surface area contributed by atoms with Crippen LogP contribution < -0.4 is 4.43 Å². The van der Waals surface area contributed by atoms with Crippen molar-refractivity contribution >= 4 is 14.3 Å². The molecule has 0 saturated carbocycles. The maximum absolute atomic E-state index is 11.5. The van der Waals surface area contributed by atoms with E-state index < -0.39 is 14.3 Å². The minimum absolute atomic E-state index is 0.0933. The second kappa shape index (κ2) is 5.13. The molecule has 1 heterocycles. The van der Waals surface area contributed by atoms with E-state index in [0.717, 1.165) is 0 Å². The summed E-state index contributed by atoms with van der Waals surface area (Å²) < 4.78 is 10.8. The van der Waals surface area contributed by atoms with Gasteiger partial charge in [0, 0.05) is 6.07 Å². The number of nitrogens with zero attached hydrogens (tertiary/aromatic N) is 1. The molecule has 1 N–H and O–H groups in total. The van der Waals surface area contributed by atoms with Gasteiger partial charge in [-0.3, -0.25) is 5.10 Å². The molecule has 0 aromatic carbocycles. The van der Waals surface area contributed by atoms with Crippen LogP contribution in [0.1, 0.15) is 38.2 Å². The van der Waals surface area contributed by atoms with Gasteiger partial charge in [-0.15, -0.1) is 5.10 Å². The van der Waals surface area contributed by atoms with Crippen LogP contribution in [0.3, 0.4) is 0 Å². The van der Waals surface area contributed by atoms with Crippen molar-refractivity contribution in [2.45, 2.75) is 45.8 Å². The summed E-state index contributed by atoms with van der Waals surface area (Å²) in [5.41, 5.74) is 0.325. The highest BCUT2D eigenvalue weighted by molar-refractivity contribution is 6.74. The number of hydrogen-bond acceptors (Lipinski definition) is 4. The normalized spacial score (nSPS) is 12.3. The Morgan fingerprint density at radius 1 is 1.44 bits per heavy atom. The SMILES string of the molecule is CCOC(=O)c1cc(O[Si](C)(C)C(C)(C)C)n[nH]1. The zero-order chi connectivity index (χ0) is 14.0. The maximum atomic E-state index is 11.5. The lowest BCUT2D eigenvalue weighted by Crippen LogP contribution is -2.43. The molecule has 102 valence electrons. The van der Waals surface area contributed by atoms with Gasteiger partial charge in [-0.1, -0.05) is 20.8 Å². The molecule has 0 radical (unpaired) electrons. The van der Waals surface area contributed by atoms with Gasteiger partial charge in [0.05, 0.1) is 6.61 Å². The first kappa shape index (κ1) is 14.8. The Bertz CT molecular complexity index is 421. The highest BCUT2D eigenvalue weighted by atomic mass is 28.4. The molecule has 0 spiro atoms. The molecule has 0 aliphatic carbocycles. The van der Waals surface area contributed by atoms with Gasteiger partial charge in [-0.25, -0.2) is 4.79 Å². The number of aromatic nitrogens is 2. The van der Waals surface area contributed by atoms with Crippen LogP contribution in [0.2, 0.25) is 18.1 Å². The fraction of sp³-hybridized carbons (Fsp3) is 0.667. The summed E-state index contributed by atoms with van der Waals surface area (Å²) in [6, 6.07) is 1.60. The van der Waals surface area contributed by atoms with Crippen molar-refractivity contribution in [2.75, 3.05) is 6.61 Å². The van der Waals surface area contributed by atoms with E-state index in [9.17, 15) is 4.79 Å². The van der Waals surface area contributed by atoms with Gasteiger partial charge < -0.3 is 9.16 Å². The van der Waals surface area contributed by atoms with Crippen molar-refractivity contribution in [3.8, 4) is 5.88 Å². The highest BCUT2D eigenvalue weighted by Crippen LogP contribution is 2.36. The molecule has 0 aliphatic rings. The number of hydrogen-bond donors (Lipinski definition) is 1. The third kappa shape index (κ3) is 3.35. The van der Waals surface area contributed by atoms with E-state index in [2.05, 4.69) is 44.1 Å². The van der Waals surface area contributed by atoms with Crippen LogP contribution in [0, 0.1) is 0 Å². The van der Waals surface area contributed by atoms with Gasteiger partial charge >= 0.3 is 5.97 Å². The Morgan fingerprint density at radius 3 is 2.56 bits per heavy atom. The van der Waals surface area contributed by atoms with E-state index >= 15 is 0 Å². The molecule has 0 amide bonds. The van der Waals surface area contributed by atoms with Crippen molar-refractivity contribution < 1.29 is 14.0 Å². The predicted molar refractivity (Wildman–Crippen MR) is 72.4 cm³/mol. The Kier molecular flexibility index (Phi) is 4.21.